The number of halogens is 1. The molecule has 132 valence electrons. The van der Waals surface area contributed by atoms with Gasteiger partial charge in [0.25, 0.3) is 11.6 Å². The van der Waals surface area contributed by atoms with Crippen LogP contribution in [0.15, 0.2) is 62.8 Å². The highest BCUT2D eigenvalue weighted by Crippen LogP contribution is 2.17. The summed E-state index contributed by atoms with van der Waals surface area (Å²) in [4.78, 5) is 22.4. The van der Waals surface area contributed by atoms with E-state index < -0.39 is 10.8 Å². The van der Waals surface area contributed by atoms with E-state index in [2.05, 4.69) is 31.6 Å². The van der Waals surface area contributed by atoms with Crippen LogP contribution in [0.25, 0.3) is 0 Å². The van der Waals surface area contributed by atoms with E-state index in [9.17, 15) is 14.9 Å². The van der Waals surface area contributed by atoms with Crippen molar-refractivity contribution in [3.05, 3.63) is 80.5 Å². The molecule has 10 heteroatoms. The zero-order valence-electron chi connectivity index (χ0n) is 13.2. The highest BCUT2D eigenvalue weighted by Gasteiger charge is 2.15. The molecule has 0 aliphatic rings. The van der Waals surface area contributed by atoms with E-state index in [1.54, 1.807) is 35.1 Å². The van der Waals surface area contributed by atoms with Crippen molar-refractivity contribution in [1.29, 1.82) is 0 Å². The van der Waals surface area contributed by atoms with Gasteiger partial charge in [-0.2, -0.15) is 10.2 Å². The largest absolute Gasteiger partial charge is 0.463 e. The van der Waals surface area contributed by atoms with Gasteiger partial charge in [-0.1, -0.05) is 12.1 Å². The number of carbonyl (C=O) groups excluding carboxylic acids is 1. The number of amides is 1. The maximum absolute atomic E-state index is 12.1. The van der Waals surface area contributed by atoms with Gasteiger partial charge < -0.3 is 4.42 Å². The number of hydrogen-bond donors (Lipinski definition) is 1. The molecule has 9 nitrogen and oxygen atoms in total. The number of nitrogens with one attached hydrogen (secondary N) is 1. The number of rotatable bonds is 6. The predicted molar refractivity (Wildman–Crippen MR) is 95.9 cm³/mol. The van der Waals surface area contributed by atoms with E-state index in [0.29, 0.717) is 16.8 Å². The minimum Gasteiger partial charge on any atom is -0.463 e. The van der Waals surface area contributed by atoms with Crippen LogP contribution in [0, 0.1) is 10.1 Å². The zero-order valence-corrected chi connectivity index (χ0v) is 14.8. The fourth-order valence-corrected chi connectivity index (χ4v) is 2.61. The van der Waals surface area contributed by atoms with Crippen LogP contribution in [0.1, 0.15) is 21.8 Å². The van der Waals surface area contributed by atoms with Crippen molar-refractivity contribution in [1.82, 2.24) is 15.2 Å². The van der Waals surface area contributed by atoms with Gasteiger partial charge in [0.1, 0.15) is 5.76 Å². The summed E-state index contributed by atoms with van der Waals surface area (Å²) < 4.78 is 7.12. The molecule has 0 atom stereocenters. The normalized spacial score (nSPS) is 11.0. The number of nitrogens with zero attached hydrogens (tertiary/aromatic N) is 4. The van der Waals surface area contributed by atoms with Crippen LogP contribution in [-0.2, 0) is 6.54 Å². The van der Waals surface area contributed by atoms with Crippen LogP contribution < -0.4 is 5.43 Å². The molecule has 1 N–H and O–H groups in total. The first-order valence-electron chi connectivity index (χ1n) is 7.36. The molecule has 0 unspecified atom stereocenters. The molecule has 3 rings (SSSR count). The maximum Gasteiger partial charge on any atom is 0.293 e. The number of carbonyl (C=O) groups is 1. The number of furan rings is 1. The molecular formula is C16H12BrN5O4. The van der Waals surface area contributed by atoms with Crippen LogP contribution >= 0.6 is 15.9 Å². The SMILES string of the molecule is O=C(N/N=C/c1ccco1)c1nn(Cc2ccc([N+](=O)[O-])cc2)cc1Br. The monoisotopic (exact) mass is 417 g/mol. The Bertz CT molecular complexity index is 948. The minimum absolute atomic E-state index is 0.0184. The van der Waals surface area contributed by atoms with Gasteiger partial charge >= 0.3 is 0 Å². The Hall–Kier alpha value is -3.27. The van der Waals surface area contributed by atoms with Crippen LogP contribution in [0.5, 0.6) is 0 Å². The number of hydrogen-bond acceptors (Lipinski definition) is 6. The molecule has 0 aliphatic heterocycles. The standard InChI is InChI=1S/C16H12BrN5O4/c17-14-10-21(9-11-3-5-12(6-4-11)22(24)25)20-15(14)16(23)19-18-8-13-2-1-7-26-13/h1-8,10H,9H2,(H,19,23)/b18-8+. The number of aromatic nitrogens is 2. The molecule has 1 amide bonds. The molecule has 2 aromatic heterocycles. The lowest BCUT2D eigenvalue weighted by Crippen LogP contribution is -2.19. The number of nitro groups is 1. The van der Waals surface area contributed by atoms with Gasteiger partial charge in [0.2, 0.25) is 0 Å². The van der Waals surface area contributed by atoms with Crippen LogP contribution in [0.3, 0.4) is 0 Å². The number of nitro benzene ring substituents is 1. The van der Waals surface area contributed by atoms with E-state index in [0.717, 1.165) is 5.56 Å². The Kier molecular flexibility index (Phi) is 5.23. The van der Waals surface area contributed by atoms with Gasteiger partial charge in [0.15, 0.2) is 5.69 Å². The molecular weight excluding hydrogens is 406 g/mol. The fourth-order valence-electron chi connectivity index (χ4n) is 2.11. The van der Waals surface area contributed by atoms with E-state index >= 15 is 0 Å². The van der Waals surface area contributed by atoms with Crippen molar-refractivity contribution in [2.45, 2.75) is 6.54 Å². The lowest BCUT2D eigenvalue weighted by Gasteiger charge is -2.01. The summed E-state index contributed by atoms with van der Waals surface area (Å²) in [7, 11) is 0. The van der Waals surface area contributed by atoms with Gasteiger partial charge in [-0.25, -0.2) is 5.43 Å². The lowest BCUT2D eigenvalue weighted by molar-refractivity contribution is -0.384. The molecule has 0 radical (unpaired) electrons. The first-order chi connectivity index (χ1) is 12.5. The first-order valence-corrected chi connectivity index (χ1v) is 8.15. The Labute approximate surface area is 155 Å². The number of benzene rings is 1. The van der Waals surface area contributed by atoms with Crippen LogP contribution in [-0.4, -0.2) is 26.8 Å². The molecule has 3 aromatic rings. The average Bonchev–Trinajstić information content (AvgIpc) is 3.25. The molecule has 0 fully saturated rings. The lowest BCUT2D eigenvalue weighted by atomic mass is 10.2. The molecule has 2 heterocycles. The average molecular weight is 418 g/mol. The van der Waals surface area contributed by atoms with Crippen molar-refractivity contribution in [3.63, 3.8) is 0 Å². The van der Waals surface area contributed by atoms with Crippen molar-refractivity contribution >= 4 is 33.7 Å². The summed E-state index contributed by atoms with van der Waals surface area (Å²) in [5.74, 6) is 0.0233. The zero-order chi connectivity index (χ0) is 18.5. The highest BCUT2D eigenvalue weighted by molar-refractivity contribution is 9.10. The molecule has 1 aromatic carbocycles. The summed E-state index contributed by atoms with van der Waals surface area (Å²) >= 11 is 3.29. The molecule has 0 saturated heterocycles. The van der Waals surface area contributed by atoms with Crippen molar-refractivity contribution in [2.75, 3.05) is 0 Å². The molecule has 0 aliphatic carbocycles. The van der Waals surface area contributed by atoms with E-state index in [4.69, 9.17) is 4.42 Å². The fraction of sp³-hybridized carbons (Fsp3) is 0.0625. The molecule has 26 heavy (non-hydrogen) atoms. The van der Waals surface area contributed by atoms with Gasteiger partial charge in [-0.15, -0.1) is 0 Å². The Morgan fingerprint density at radius 1 is 1.38 bits per heavy atom. The molecule has 0 saturated carbocycles. The number of non-ortho nitro benzene ring substituents is 1. The van der Waals surface area contributed by atoms with E-state index in [1.807, 2.05) is 0 Å². The third-order valence-electron chi connectivity index (χ3n) is 3.32. The Morgan fingerprint density at radius 2 is 2.15 bits per heavy atom. The summed E-state index contributed by atoms with van der Waals surface area (Å²) in [6.07, 6.45) is 4.52. The van der Waals surface area contributed by atoms with Gasteiger partial charge in [-0.3, -0.25) is 19.6 Å². The topological polar surface area (TPSA) is 116 Å². The predicted octanol–water partition coefficient (Wildman–Crippen LogP) is 2.96. The van der Waals surface area contributed by atoms with Crippen LogP contribution in [0.4, 0.5) is 5.69 Å². The second-order valence-corrected chi connectivity index (χ2v) is 6.02. The van der Waals surface area contributed by atoms with E-state index in [-0.39, 0.29) is 11.4 Å². The molecule has 0 spiro atoms. The first kappa shape index (κ1) is 17.5. The van der Waals surface area contributed by atoms with E-state index in [1.165, 1.54) is 24.6 Å². The summed E-state index contributed by atoms with van der Waals surface area (Å²) in [6, 6.07) is 9.53. The third kappa shape index (κ3) is 4.22. The maximum atomic E-state index is 12.1. The van der Waals surface area contributed by atoms with Crippen molar-refractivity contribution in [2.24, 2.45) is 5.10 Å². The van der Waals surface area contributed by atoms with Crippen LogP contribution in [0.2, 0.25) is 0 Å². The van der Waals surface area contributed by atoms with Crippen molar-refractivity contribution < 1.29 is 14.1 Å². The van der Waals surface area contributed by atoms with Crippen molar-refractivity contribution in [3.8, 4) is 0 Å². The Balaban J connectivity index is 1.66. The molecule has 0 bridgehead atoms. The number of hydrazone groups is 1. The van der Waals surface area contributed by atoms with Gasteiger partial charge in [-0.05, 0) is 33.6 Å². The smallest absolute Gasteiger partial charge is 0.293 e. The quantitative estimate of drug-likeness (QED) is 0.376. The highest BCUT2D eigenvalue weighted by atomic mass is 79.9. The second kappa shape index (κ2) is 7.74. The summed E-state index contributed by atoms with van der Waals surface area (Å²) in [6.45, 7) is 0.361. The Morgan fingerprint density at radius 3 is 2.81 bits per heavy atom. The summed E-state index contributed by atoms with van der Waals surface area (Å²) in [5, 5.41) is 18.7. The second-order valence-electron chi connectivity index (χ2n) is 5.16. The summed E-state index contributed by atoms with van der Waals surface area (Å²) in [5.41, 5.74) is 3.37. The van der Waals surface area contributed by atoms with Gasteiger partial charge in [0.05, 0.1) is 28.4 Å². The van der Waals surface area contributed by atoms with Gasteiger partial charge in [0, 0.05) is 18.3 Å². The third-order valence-corrected chi connectivity index (χ3v) is 3.91. The minimum atomic E-state index is -0.484.